The molecule has 0 radical (unpaired) electrons. The predicted octanol–water partition coefficient (Wildman–Crippen LogP) is 3.41. The number of benzene rings is 6. The Hall–Kier alpha value is -6.25. The van der Waals surface area contributed by atoms with Gasteiger partial charge in [0, 0.05) is 9.59 Å². The zero-order valence-corrected chi connectivity index (χ0v) is 25.9. The highest BCUT2D eigenvalue weighted by atomic mass is 35.5. The molecule has 0 fully saturated rings. The average Bonchev–Trinajstić information content (AvgIpc) is 3.80. The molecule has 0 saturated carbocycles. The summed E-state index contributed by atoms with van der Waals surface area (Å²) in [7, 11) is 0. The molecule has 226 valence electrons. The second-order valence-corrected chi connectivity index (χ2v) is 10.7. The summed E-state index contributed by atoms with van der Waals surface area (Å²) in [4.78, 5) is 7.33. The highest BCUT2D eigenvalue weighted by Crippen LogP contribution is 2.22. The van der Waals surface area contributed by atoms with Gasteiger partial charge < -0.3 is 12.4 Å². The quantitative estimate of drug-likeness (QED) is 0.253. The summed E-state index contributed by atoms with van der Waals surface area (Å²) >= 11 is 0. The number of aromatic nitrogens is 8. The second kappa shape index (κ2) is 13.0. The maximum absolute atomic E-state index is 4.88. The third-order valence-corrected chi connectivity index (χ3v) is 7.68. The summed E-state index contributed by atoms with van der Waals surface area (Å²) in [6.07, 6.45) is 0. The van der Waals surface area contributed by atoms with Crippen LogP contribution in [0.25, 0.3) is 56.7 Å². The Morgan fingerprint density at radius 1 is 0.340 bits per heavy atom. The lowest BCUT2D eigenvalue weighted by Crippen LogP contribution is -3.00. The van der Waals surface area contributed by atoms with E-state index < -0.39 is 0 Å². The molecule has 0 unspecified atom stereocenters. The monoisotopic (exact) mass is 631 g/mol. The minimum atomic E-state index is 0. The first kappa shape index (κ1) is 29.5. The van der Waals surface area contributed by atoms with E-state index in [0.717, 1.165) is 45.0 Å². The van der Waals surface area contributed by atoms with Gasteiger partial charge in [-0.3, -0.25) is 0 Å². The molecule has 0 aliphatic rings. The number of nitrogens with zero attached hydrogens (tertiary/aromatic N) is 8. The minimum absolute atomic E-state index is 0. The van der Waals surface area contributed by atoms with Crippen molar-refractivity contribution in [1.82, 2.24) is 30.0 Å². The molecule has 0 bridgehead atoms. The fourth-order valence-corrected chi connectivity index (χ4v) is 5.34. The van der Waals surface area contributed by atoms with Crippen LogP contribution in [-0.4, -0.2) is 30.0 Å². The van der Waals surface area contributed by atoms with Crippen LogP contribution in [0.2, 0.25) is 0 Å². The molecule has 8 rings (SSSR count). The van der Waals surface area contributed by atoms with E-state index in [2.05, 4.69) is 48.5 Å². The van der Waals surface area contributed by atoms with Gasteiger partial charge in [0.05, 0.1) is 21.3 Å². The normalized spacial score (nSPS) is 10.8. The molecule has 2 aromatic heterocycles. The van der Waals surface area contributed by atoms with Crippen molar-refractivity contribution >= 4 is 0 Å². The van der Waals surface area contributed by atoms with Gasteiger partial charge in [0.2, 0.25) is 0 Å². The van der Waals surface area contributed by atoms with E-state index in [9.17, 15) is 0 Å². The molecule has 6 aromatic carbocycles. The Labute approximate surface area is 277 Å². The first-order valence-electron chi connectivity index (χ1n) is 15.0. The molecule has 47 heavy (non-hydrogen) atoms. The topological polar surface area (TPSA) is 69.2 Å². The lowest BCUT2D eigenvalue weighted by atomic mass is 10.1. The Morgan fingerprint density at radius 3 is 1.00 bits per heavy atom. The standard InChI is InChI=1S/C38H28N8.ClH/c1-5-13-31(14-6-1)37-39-43(33-17-9-3-10-18-33)45(41-37)35-25-21-29(22-26-35)30-23-27-36(28-24-30)46-42-38(32-15-7-2-8-16-32)40-44(46)34-19-11-4-12-20-34;/h1-28H;1H/q+2;/p-1. The van der Waals surface area contributed by atoms with Crippen molar-refractivity contribution in [1.29, 1.82) is 0 Å². The van der Waals surface area contributed by atoms with Crippen molar-refractivity contribution in [2.45, 2.75) is 0 Å². The summed E-state index contributed by atoms with van der Waals surface area (Å²) in [6.45, 7) is 0. The summed E-state index contributed by atoms with van der Waals surface area (Å²) in [5.41, 5.74) is 7.74. The van der Waals surface area contributed by atoms with Crippen LogP contribution >= 0.6 is 0 Å². The number of tetrazole rings is 2. The molecule has 0 amide bonds. The van der Waals surface area contributed by atoms with E-state index in [4.69, 9.17) is 20.4 Å². The largest absolute Gasteiger partial charge is 1.00 e. The molecule has 0 spiro atoms. The lowest BCUT2D eigenvalue weighted by Gasteiger charge is -2.04. The van der Waals surface area contributed by atoms with Gasteiger partial charge in [0.25, 0.3) is 0 Å². The number of hydrogen-bond acceptors (Lipinski definition) is 4. The van der Waals surface area contributed by atoms with Crippen molar-refractivity contribution in [2.75, 3.05) is 0 Å². The zero-order valence-electron chi connectivity index (χ0n) is 25.1. The lowest BCUT2D eigenvalue weighted by molar-refractivity contribution is -0.734. The van der Waals surface area contributed by atoms with E-state index in [1.807, 2.05) is 141 Å². The highest BCUT2D eigenvalue weighted by molar-refractivity contribution is 5.65. The first-order valence-corrected chi connectivity index (χ1v) is 15.0. The smallest absolute Gasteiger partial charge is 0.340 e. The average molecular weight is 632 g/mol. The van der Waals surface area contributed by atoms with E-state index >= 15 is 0 Å². The number of rotatable bonds is 7. The summed E-state index contributed by atoms with van der Waals surface area (Å²) < 4.78 is 0. The van der Waals surface area contributed by atoms with Gasteiger partial charge in [-0.1, -0.05) is 72.8 Å². The fourth-order valence-electron chi connectivity index (χ4n) is 5.34. The van der Waals surface area contributed by atoms with E-state index in [-0.39, 0.29) is 12.4 Å². The van der Waals surface area contributed by atoms with Crippen LogP contribution in [0.3, 0.4) is 0 Å². The predicted molar refractivity (Wildman–Crippen MR) is 176 cm³/mol. The minimum Gasteiger partial charge on any atom is -1.00 e. The second-order valence-electron chi connectivity index (χ2n) is 10.7. The van der Waals surface area contributed by atoms with Gasteiger partial charge in [-0.15, -0.1) is 0 Å². The summed E-state index contributed by atoms with van der Waals surface area (Å²) in [5.74, 6) is 1.31. The molecule has 8 nitrogen and oxygen atoms in total. The van der Waals surface area contributed by atoms with Gasteiger partial charge in [-0.05, 0) is 128 Å². The van der Waals surface area contributed by atoms with Gasteiger partial charge in [0.15, 0.2) is 11.4 Å². The molecular formula is C38H28ClN8+. The van der Waals surface area contributed by atoms with Gasteiger partial charge in [-0.2, -0.15) is 0 Å². The molecule has 0 aliphatic carbocycles. The third-order valence-electron chi connectivity index (χ3n) is 7.68. The maximum Gasteiger partial charge on any atom is 0.340 e. The number of halogens is 1. The van der Waals surface area contributed by atoms with Crippen LogP contribution in [0.1, 0.15) is 0 Å². The van der Waals surface area contributed by atoms with Gasteiger partial charge >= 0.3 is 11.6 Å². The fraction of sp³-hybridized carbons (Fsp3) is 0. The molecule has 0 N–H and O–H groups in total. The number of hydrogen-bond donors (Lipinski definition) is 0. The van der Waals surface area contributed by atoms with E-state index in [0.29, 0.717) is 11.6 Å². The van der Waals surface area contributed by atoms with Crippen LogP contribution < -0.4 is 22.0 Å². The van der Waals surface area contributed by atoms with Crippen LogP contribution in [0.4, 0.5) is 0 Å². The van der Waals surface area contributed by atoms with Crippen molar-refractivity contribution in [3.05, 3.63) is 170 Å². The third kappa shape index (κ3) is 5.93. The SMILES string of the molecule is [Cl-].c1ccc(-c2nn(-c3ccccc3)[n+](-c3ccc(-c4ccc(-[n+]5nc(-c6ccccc6)nn5-c5ccccc5)cc4)cc3)n2)cc1. The number of para-hydroxylation sites is 2. The van der Waals surface area contributed by atoms with Crippen LogP contribution in [-0.2, 0) is 0 Å². The van der Waals surface area contributed by atoms with Crippen LogP contribution in [0.5, 0.6) is 0 Å². The molecule has 0 aliphatic heterocycles. The van der Waals surface area contributed by atoms with Crippen LogP contribution in [0, 0.1) is 0 Å². The summed E-state index contributed by atoms with van der Waals surface area (Å²) in [6, 6.07) is 56.8. The molecule has 0 saturated heterocycles. The Balaban J connectivity index is 0.00000351. The zero-order chi connectivity index (χ0) is 30.7. The van der Waals surface area contributed by atoms with Crippen molar-refractivity contribution in [3.8, 4) is 56.7 Å². The molecule has 2 heterocycles. The van der Waals surface area contributed by atoms with Gasteiger partial charge in [0.1, 0.15) is 11.4 Å². The molecule has 0 atom stereocenters. The van der Waals surface area contributed by atoms with E-state index in [1.165, 1.54) is 0 Å². The van der Waals surface area contributed by atoms with Crippen molar-refractivity contribution in [3.63, 3.8) is 0 Å². The summed E-state index contributed by atoms with van der Waals surface area (Å²) in [5, 5.41) is 19.5. The van der Waals surface area contributed by atoms with Crippen molar-refractivity contribution < 1.29 is 22.0 Å². The Morgan fingerprint density at radius 2 is 0.660 bits per heavy atom. The Kier molecular flexibility index (Phi) is 8.15. The van der Waals surface area contributed by atoms with E-state index in [1.54, 1.807) is 0 Å². The van der Waals surface area contributed by atoms with Crippen molar-refractivity contribution in [2.24, 2.45) is 0 Å². The van der Waals surface area contributed by atoms with Gasteiger partial charge in [-0.25, -0.2) is 0 Å². The molecular weight excluding hydrogens is 604 g/mol. The maximum atomic E-state index is 4.88. The molecule has 9 heteroatoms. The molecule has 8 aromatic rings. The Bertz CT molecular complexity index is 2050. The first-order chi connectivity index (χ1) is 22.8. The highest BCUT2D eigenvalue weighted by Gasteiger charge is 2.25. The van der Waals surface area contributed by atoms with Crippen LogP contribution in [0.15, 0.2) is 170 Å².